The zero-order chi connectivity index (χ0) is 14.1. The van der Waals surface area contributed by atoms with Gasteiger partial charge in [-0.25, -0.2) is 4.39 Å². The van der Waals surface area contributed by atoms with Gasteiger partial charge in [-0.2, -0.15) is 0 Å². The quantitative estimate of drug-likeness (QED) is 0.697. The minimum Gasteiger partial charge on any atom is -0.494 e. The molecule has 0 bridgehead atoms. The maximum atomic E-state index is 14.2. The molecule has 1 heterocycles. The highest BCUT2D eigenvalue weighted by Gasteiger charge is 2.10. The molecule has 0 spiro atoms. The Balaban J connectivity index is 2.04. The second-order valence-electron chi connectivity index (χ2n) is 4.88. The van der Waals surface area contributed by atoms with Gasteiger partial charge >= 0.3 is 0 Å². The van der Waals surface area contributed by atoms with Gasteiger partial charge in [-0.15, -0.1) is 0 Å². The van der Waals surface area contributed by atoms with Crippen LogP contribution in [-0.4, -0.2) is 11.7 Å². The Bertz CT molecular complexity index is 761. The van der Waals surface area contributed by atoms with E-state index >= 15 is 0 Å². The first kappa shape index (κ1) is 12.7. The van der Waals surface area contributed by atoms with Crippen molar-refractivity contribution >= 4 is 10.9 Å². The van der Waals surface area contributed by atoms with Crippen LogP contribution in [0.2, 0.25) is 0 Å². The molecule has 102 valence electrons. The Hall–Kier alpha value is -2.29. The average Bonchev–Trinajstić information content (AvgIpc) is 2.86. The number of halogens is 1. The third-order valence-corrected chi connectivity index (χ3v) is 3.64. The number of ether oxygens (including phenoxy) is 1. The van der Waals surface area contributed by atoms with Crippen LogP contribution in [0.4, 0.5) is 4.39 Å². The van der Waals surface area contributed by atoms with Gasteiger partial charge in [0.1, 0.15) is 0 Å². The highest BCUT2D eigenvalue weighted by atomic mass is 19.1. The van der Waals surface area contributed by atoms with E-state index in [1.165, 1.54) is 18.1 Å². The van der Waals surface area contributed by atoms with Crippen molar-refractivity contribution in [3.8, 4) is 5.75 Å². The van der Waals surface area contributed by atoms with Crippen molar-refractivity contribution in [2.75, 3.05) is 7.11 Å². The molecule has 20 heavy (non-hydrogen) atoms. The van der Waals surface area contributed by atoms with E-state index in [2.05, 4.69) is 29.7 Å². The predicted molar refractivity (Wildman–Crippen MR) is 78.7 cm³/mol. The van der Waals surface area contributed by atoms with Crippen LogP contribution >= 0.6 is 0 Å². The number of benzene rings is 2. The largest absolute Gasteiger partial charge is 0.494 e. The van der Waals surface area contributed by atoms with Gasteiger partial charge in [0, 0.05) is 22.7 Å². The van der Waals surface area contributed by atoms with Gasteiger partial charge in [0.25, 0.3) is 0 Å². The molecule has 0 radical (unpaired) electrons. The van der Waals surface area contributed by atoms with Gasteiger partial charge in [0.15, 0.2) is 11.6 Å². The molecule has 0 aliphatic heterocycles. The highest BCUT2D eigenvalue weighted by Crippen LogP contribution is 2.24. The molecular formula is C17H16FNO. The first-order chi connectivity index (χ1) is 9.70. The fraction of sp³-hybridized carbons (Fsp3) is 0.176. The summed E-state index contributed by atoms with van der Waals surface area (Å²) in [6.45, 7) is 2.58. The third-order valence-electron chi connectivity index (χ3n) is 3.64. The number of aryl methyl sites for hydroxylation is 1. The minimum atomic E-state index is -0.287. The van der Waals surface area contributed by atoms with Crippen LogP contribution in [0.3, 0.4) is 0 Å². The van der Waals surface area contributed by atoms with Gasteiger partial charge in [0.05, 0.1) is 13.7 Å². The lowest BCUT2D eigenvalue weighted by atomic mass is 10.1. The maximum Gasteiger partial charge on any atom is 0.170 e. The van der Waals surface area contributed by atoms with Crippen LogP contribution in [0.15, 0.2) is 48.7 Å². The van der Waals surface area contributed by atoms with E-state index in [9.17, 15) is 4.39 Å². The molecule has 0 aliphatic carbocycles. The number of fused-ring (bicyclic) bond motifs is 1. The SMILES string of the molecule is COc1cccc(Cn2ccc3c(C)cccc32)c1F. The Morgan fingerprint density at radius 3 is 2.70 bits per heavy atom. The standard InChI is InChI=1S/C17H16FNO/c1-12-5-3-7-15-14(12)9-10-19(15)11-13-6-4-8-16(20-2)17(13)18/h3-10H,11H2,1-2H3. The lowest BCUT2D eigenvalue weighted by molar-refractivity contribution is 0.383. The van der Waals surface area contributed by atoms with E-state index in [0.717, 1.165) is 5.52 Å². The summed E-state index contributed by atoms with van der Waals surface area (Å²) in [5.74, 6) is -0.000328. The van der Waals surface area contributed by atoms with Crippen molar-refractivity contribution < 1.29 is 9.13 Å². The van der Waals surface area contributed by atoms with Crippen LogP contribution in [-0.2, 0) is 6.54 Å². The van der Waals surface area contributed by atoms with E-state index in [-0.39, 0.29) is 11.6 Å². The van der Waals surface area contributed by atoms with Gasteiger partial charge in [-0.05, 0) is 30.7 Å². The van der Waals surface area contributed by atoms with Gasteiger partial charge in [-0.3, -0.25) is 0 Å². The summed E-state index contributed by atoms with van der Waals surface area (Å²) in [7, 11) is 1.48. The normalized spacial score (nSPS) is 10.9. The van der Waals surface area contributed by atoms with Crippen molar-refractivity contribution in [2.45, 2.75) is 13.5 Å². The predicted octanol–water partition coefficient (Wildman–Crippen LogP) is 4.15. The van der Waals surface area contributed by atoms with Gasteiger partial charge < -0.3 is 9.30 Å². The zero-order valence-corrected chi connectivity index (χ0v) is 11.6. The molecular weight excluding hydrogens is 253 g/mol. The van der Waals surface area contributed by atoms with Crippen LogP contribution in [0.5, 0.6) is 5.75 Å². The molecule has 0 amide bonds. The topological polar surface area (TPSA) is 14.2 Å². The van der Waals surface area contributed by atoms with Gasteiger partial charge in [0.2, 0.25) is 0 Å². The third kappa shape index (κ3) is 2.05. The van der Waals surface area contributed by atoms with E-state index in [0.29, 0.717) is 12.1 Å². The second kappa shape index (κ2) is 5.00. The Morgan fingerprint density at radius 2 is 1.90 bits per heavy atom. The van der Waals surface area contributed by atoms with Crippen LogP contribution < -0.4 is 4.74 Å². The number of aromatic nitrogens is 1. The average molecular weight is 269 g/mol. The Labute approximate surface area is 117 Å². The fourth-order valence-corrected chi connectivity index (χ4v) is 2.53. The van der Waals surface area contributed by atoms with Crippen molar-refractivity contribution in [1.82, 2.24) is 4.57 Å². The summed E-state index contributed by atoms with van der Waals surface area (Å²) < 4.78 is 21.3. The second-order valence-corrected chi connectivity index (χ2v) is 4.88. The number of rotatable bonds is 3. The molecule has 0 N–H and O–H groups in total. The number of nitrogens with zero attached hydrogens (tertiary/aromatic N) is 1. The maximum absolute atomic E-state index is 14.2. The van der Waals surface area contributed by atoms with Crippen LogP contribution in [0.1, 0.15) is 11.1 Å². The van der Waals surface area contributed by atoms with Crippen LogP contribution in [0, 0.1) is 12.7 Å². The molecule has 1 aromatic heterocycles. The van der Waals surface area contributed by atoms with Crippen molar-refractivity contribution in [2.24, 2.45) is 0 Å². The van der Waals surface area contributed by atoms with E-state index in [1.807, 2.05) is 18.3 Å². The lowest BCUT2D eigenvalue weighted by Crippen LogP contribution is -2.02. The zero-order valence-electron chi connectivity index (χ0n) is 11.6. The summed E-state index contributed by atoms with van der Waals surface area (Å²) in [5.41, 5.74) is 2.97. The van der Waals surface area contributed by atoms with E-state index < -0.39 is 0 Å². The number of hydrogen-bond acceptors (Lipinski definition) is 1. The first-order valence-corrected chi connectivity index (χ1v) is 6.56. The number of methoxy groups -OCH3 is 1. The molecule has 2 nitrogen and oxygen atoms in total. The van der Waals surface area contributed by atoms with Crippen molar-refractivity contribution in [3.63, 3.8) is 0 Å². The Kier molecular flexibility index (Phi) is 3.18. The monoisotopic (exact) mass is 269 g/mol. The molecule has 2 aromatic carbocycles. The lowest BCUT2D eigenvalue weighted by Gasteiger charge is -2.09. The molecule has 0 atom stereocenters. The van der Waals surface area contributed by atoms with Crippen molar-refractivity contribution in [3.05, 3.63) is 65.6 Å². The molecule has 3 rings (SSSR count). The smallest absolute Gasteiger partial charge is 0.170 e. The molecule has 0 fully saturated rings. The van der Waals surface area contributed by atoms with E-state index in [4.69, 9.17) is 4.74 Å². The van der Waals surface area contributed by atoms with Crippen LogP contribution in [0.25, 0.3) is 10.9 Å². The minimum absolute atomic E-state index is 0.287. The molecule has 0 unspecified atom stereocenters. The molecule has 3 heteroatoms. The molecule has 0 aliphatic rings. The molecule has 0 saturated carbocycles. The van der Waals surface area contributed by atoms with Crippen molar-refractivity contribution in [1.29, 1.82) is 0 Å². The molecule has 3 aromatic rings. The highest BCUT2D eigenvalue weighted by molar-refractivity contribution is 5.83. The summed E-state index contributed by atoms with van der Waals surface area (Å²) in [6.07, 6.45) is 2.00. The Morgan fingerprint density at radius 1 is 1.10 bits per heavy atom. The van der Waals surface area contributed by atoms with Gasteiger partial charge in [-0.1, -0.05) is 24.3 Å². The summed E-state index contributed by atoms with van der Waals surface area (Å²) in [5, 5.41) is 1.20. The fourth-order valence-electron chi connectivity index (χ4n) is 2.53. The summed E-state index contributed by atoms with van der Waals surface area (Å²) in [4.78, 5) is 0. The first-order valence-electron chi connectivity index (χ1n) is 6.56. The summed E-state index contributed by atoms with van der Waals surface area (Å²) >= 11 is 0. The molecule has 0 saturated heterocycles. The number of hydrogen-bond donors (Lipinski definition) is 0. The van der Waals surface area contributed by atoms with E-state index in [1.54, 1.807) is 12.1 Å². The summed E-state index contributed by atoms with van der Waals surface area (Å²) in [6, 6.07) is 13.5.